The Hall–Kier alpha value is -1.65. The van der Waals surface area contributed by atoms with Crippen LogP contribution in [-0.2, 0) is 11.2 Å². The van der Waals surface area contributed by atoms with Gasteiger partial charge in [-0.05, 0) is 13.3 Å². The molecule has 1 rings (SSSR count). The van der Waals surface area contributed by atoms with Crippen LogP contribution in [0.25, 0.3) is 5.57 Å². The van der Waals surface area contributed by atoms with Gasteiger partial charge >= 0.3 is 0 Å². The van der Waals surface area contributed by atoms with Gasteiger partial charge in [-0.2, -0.15) is 4.98 Å². The van der Waals surface area contributed by atoms with Crippen LogP contribution in [0, 0.1) is 0 Å². The van der Waals surface area contributed by atoms with Crippen LogP contribution in [0.1, 0.15) is 32.0 Å². The van der Waals surface area contributed by atoms with Gasteiger partial charge in [0.25, 0.3) is 5.89 Å². The van der Waals surface area contributed by atoms with Crippen molar-refractivity contribution in [1.82, 2.24) is 15.5 Å². The number of allylic oxidation sites excluding steroid dienone is 2. The minimum atomic E-state index is -0.125. The van der Waals surface area contributed by atoms with Gasteiger partial charge in [-0.25, -0.2) is 0 Å². The first kappa shape index (κ1) is 11.4. The second-order valence-electron chi connectivity index (χ2n) is 3.16. The van der Waals surface area contributed by atoms with Crippen LogP contribution in [0.3, 0.4) is 0 Å². The number of carbonyl (C=O) groups is 1. The first-order valence-corrected chi connectivity index (χ1v) is 4.87. The van der Waals surface area contributed by atoms with E-state index in [4.69, 9.17) is 4.52 Å². The third kappa shape index (κ3) is 3.19. The number of carbonyl (C=O) groups excluding carboxylic acids is 1. The SMILES string of the molecule is CC/C=C(/C)c1nc(CC(=O)NC)no1. The van der Waals surface area contributed by atoms with E-state index < -0.39 is 0 Å². The van der Waals surface area contributed by atoms with E-state index in [9.17, 15) is 4.79 Å². The highest BCUT2D eigenvalue weighted by atomic mass is 16.5. The monoisotopic (exact) mass is 209 g/mol. The molecule has 0 saturated heterocycles. The summed E-state index contributed by atoms with van der Waals surface area (Å²) in [6, 6.07) is 0. The first-order valence-electron chi connectivity index (χ1n) is 4.87. The maximum Gasteiger partial charge on any atom is 0.253 e. The minimum absolute atomic E-state index is 0.125. The molecule has 1 amide bonds. The topological polar surface area (TPSA) is 68.0 Å². The average Bonchev–Trinajstić information content (AvgIpc) is 2.66. The molecule has 0 bridgehead atoms. The fourth-order valence-corrected chi connectivity index (χ4v) is 1.11. The highest BCUT2D eigenvalue weighted by Crippen LogP contribution is 2.11. The van der Waals surface area contributed by atoms with Crippen molar-refractivity contribution in [2.45, 2.75) is 26.7 Å². The van der Waals surface area contributed by atoms with Gasteiger partial charge < -0.3 is 9.84 Å². The summed E-state index contributed by atoms with van der Waals surface area (Å²) in [5.74, 6) is 0.767. The summed E-state index contributed by atoms with van der Waals surface area (Å²) in [6.45, 7) is 3.94. The van der Waals surface area contributed by atoms with Crippen molar-refractivity contribution in [3.05, 3.63) is 17.8 Å². The molecule has 1 heterocycles. The van der Waals surface area contributed by atoms with E-state index in [0.29, 0.717) is 11.7 Å². The van der Waals surface area contributed by atoms with E-state index in [1.807, 2.05) is 19.9 Å². The summed E-state index contributed by atoms with van der Waals surface area (Å²) in [5.41, 5.74) is 0.938. The Kier molecular flexibility index (Phi) is 4.03. The summed E-state index contributed by atoms with van der Waals surface area (Å²) in [6.07, 6.45) is 3.07. The van der Waals surface area contributed by atoms with Crippen molar-refractivity contribution in [3.8, 4) is 0 Å². The predicted molar refractivity (Wildman–Crippen MR) is 56.0 cm³/mol. The van der Waals surface area contributed by atoms with Gasteiger partial charge in [-0.15, -0.1) is 0 Å². The number of hydrogen-bond acceptors (Lipinski definition) is 4. The number of nitrogens with one attached hydrogen (secondary N) is 1. The van der Waals surface area contributed by atoms with Crippen molar-refractivity contribution in [2.24, 2.45) is 0 Å². The summed E-state index contributed by atoms with van der Waals surface area (Å²) >= 11 is 0. The number of nitrogens with zero attached hydrogens (tertiary/aromatic N) is 2. The Morgan fingerprint density at radius 3 is 2.93 bits per heavy atom. The highest BCUT2D eigenvalue weighted by Gasteiger charge is 2.10. The van der Waals surface area contributed by atoms with Crippen LogP contribution < -0.4 is 5.32 Å². The molecule has 1 aromatic rings. The first-order chi connectivity index (χ1) is 7.17. The lowest BCUT2D eigenvalue weighted by atomic mass is 10.2. The molecule has 0 unspecified atom stereocenters. The molecule has 0 aromatic carbocycles. The third-order valence-corrected chi connectivity index (χ3v) is 1.91. The lowest BCUT2D eigenvalue weighted by Crippen LogP contribution is -2.20. The van der Waals surface area contributed by atoms with Gasteiger partial charge in [0.1, 0.15) is 0 Å². The Balaban J connectivity index is 2.72. The van der Waals surface area contributed by atoms with Crippen molar-refractivity contribution >= 4 is 11.5 Å². The zero-order chi connectivity index (χ0) is 11.3. The zero-order valence-corrected chi connectivity index (χ0v) is 9.20. The van der Waals surface area contributed by atoms with Gasteiger partial charge in [-0.3, -0.25) is 4.79 Å². The van der Waals surface area contributed by atoms with Crippen LogP contribution in [0.4, 0.5) is 0 Å². The second kappa shape index (κ2) is 5.29. The third-order valence-electron chi connectivity index (χ3n) is 1.91. The molecule has 0 aliphatic carbocycles. The summed E-state index contributed by atoms with van der Waals surface area (Å²) in [5, 5.41) is 6.22. The molecule has 0 atom stereocenters. The van der Waals surface area contributed by atoms with E-state index in [2.05, 4.69) is 15.5 Å². The lowest BCUT2D eigenvalue weighted by molar-refractivity contribution is -0.120. The summed E-state index contributed by atoms with van der Waals surface area (Å²) in [4.78, 5) is 15.1. The minimum Gasteiger partial charge on any atom is -0.359 e. The van der Waals surface area contributed by atoms with E-state index in [1.165, 1.54) is 0 Å². The molecule has 5 heteroatoms. The molecular weight excluding hydrogens is 194 g/mol. The van der Waals surface area contributed by atoms with Gasteiger partial charge in [0.2, 0.25) is 5.91 Å². The van der Waals surface area contributed by atoms with Crippen LogP contribution in [0.5, 0.6) is 0 Å². The number of hydrogen-bond donors (Lipinski definition) is 1. The van der Waals surface area contributed by atoms with E-state index in [1.54, 1.807) is 7.05 Å². The Morgan fingerprint density at radius 2 is 2.33 bits per heavy atom. The molecule has 0 saturated carbocycles. The largest absolute Gasteiger partial charge is 0.359 e. The second-order valence-corrected chi connectivity index (χ2v) is 3.16. The van der Waals surface area contributed by atoms with E-state index in [0.717, 1.165) is 12.0 Å². The normalized spacial score (nSPS) is 11.5. The van der Waals surface area contributed by atoms with Gasteiger partial charge in [-0.1, -0.05) is 18.2 Å². The molecule has 82 valence electrons. The smallest absolute Gasteiger partial charge is 0.253 e. The summed E-state index contributed by atoms with van der Waals surface area (Å²) < 4.78 is 5.01. The van der Waals surface area contributed by atoms with Gasteiger partial charge in [0.05, 0.1) is 6.42 Å². The molecule has 15 heavy (non-hydrogen) atoms. The predicted octanol–water partition coefficient (Wildman–Crippen LogP) is 1.17. The number of rotatable bonds is 4. The van der Waals surface area contributed by atoms with Crippen LogP contribution >= 0.6 is 0 Å². The fraction of sp³-hybridized carbons (Fsp3) is 0.500. The van der Waals surface area contributed by atoms with Crippen LogP contribution in [-0.4, -0.2) is 23.1 Å². The molecule has 1 N–H and O–H groups in total. The van der Waals surface area contributed by atoms with Crippen LogP contribution in [0.15, 0.2) is 10.6 Å². The zero-order valence-electron chi connectivity index (χ0n) is 9.20. The Morgan fingerprint density at radius 1 is 1.60 bits per heavy atom. The number of amides is 1. The maximum absolute atomic E-state index is 11.0. The van der Waals surface area contributed by atoms with E-state index >= 15 is 0 Å². The molecule has 0 fully saturated rings. The fourth-order valence-electron chi connectivity index (χ4n) is 1.11. The van der Waals surface area contributed by atoms with Crippen molar-refractivity contribution in [2.75, 3.05) is 7.05 Å². The molecule has 1 aromatic heterocycles. The lowest BCUT2D eigenvalue weighted by Gasteiger charge is -1.92. The van der Waals surface area contributed by atoms with Gasteiger partial charge in [0, 0.05) is 12.6 Å². The Labute approximate surface area is 88.6 Å². The molecule has 0 aliphatic heterocycles. The summed E-state index contributed by atoms with van der Waals surface area (Å²) in [7, 11) is 1.57. The van der Waals surface area contributed by atoms with Crippen molar-refractivity contribution in [1.29, 1.82) is 0 Å². The maximum atomic E-state index is 11.0. The molecule has 0 radical (unpaired) electrons. The Bertz CT molecular complexity index is 368. The highest BCUT2D eigenvalue weighted by molar-refractivity contribution is 5.77. The van der Waals surface area contributed by atoms with Crippen molar-refractivity contribution < 1.29 is 9.32 Å². The van der Waals surface area contributed by atoms with Gasteiger partial charge in [0.15, 0.2) is 5.82 Å². The molecule has 5 nitrogen and oxygen atoms in total. The molecule has 0 aliphatic rings. The molecule has 0 spiro atoms. The average molecular weight is 209 g/mol. The number of likely N-dealkylation sites (N-methyl/N-ethyl adjacent to an activating group) is 1. The van der Waals surface area contributed by atoms with Crippen molar-refractivity contribution in [3.63, 3.8) is 0 Å². The van der Waals surface area contributed by atoms with E-state index in [-0.39, 0.29) is 12.3 Å². The van der Waals surface area contributed by atoms with Crippen LogP contribution in [0.2, 0.25) is 0 Å². The molecular formula is C10H15N3O2. The number of aromatic nitrogens is 2. The standard InChI is InChI=1S/C10H15N3O2/c1-4-5-7(2)10-12-8(13-15-10)6-9(14)11-3/h5H,4,6H2,1-3H3,(H,11,14)/b7-5-. The quantitative estimate of drug-likeness (QED) is 0.808.